The molecule has 1 unspecified atom stereocenters. The van der Waals surface area contributed by atoms with E-state index >= 15 is 0 Å². The third-order valence-electron chi connectivity index (χ3n) is 5.85. The lowest BCUT2D eigenvalue weighted by atomic mass is 9.68. The number of methoxy groups -OCH3 is 3. The number of benzene rings is 1. The van der Waals surface area contributed by atoms with Crippen LogP contribution in [0.5, 0.6) is 17.2 Å². The van der Waals surface area contributed by atoms with Crippen LogP contribution in [-0.4, -0.2) is 39.2 Å². The summed E-state index contributed by atoms with van der Waals surface area (Å²) in [5.74, 6) is 0.232. The van der Waals surface area contributed by atoms with Crippen molar-refractivity contribution in [3.05, 3.63) is 40.2 Å². The summed E-state index contributed by atoms with van der Waals surface area (Å²) in [5, 5.41) is 3.34. The van der Waals surface area contributed by atoms with E-state index in [1.54, 1.807) is 27.0 Å². The fourth-order valence-electron chi connectivity index (χ4n) is 4.65. The minimum Gasteiger partial charge on any atom is -0.493 e. The Labute approximate surface area is 189 Å². The van der Waals surface area contributed by atoms with Crippen LogP contribution in [0.1, 0.15) is 58.9 Å². The minimum atomic E-state index is -0.643. The number of carbonyl (C=O) groups excluding carboxylic acids is 2. The number of allylic oxidation sites excluding steroid dienone is 3. The molecule has 3 rings (SSSR count). The second-order valence-electron chi connectivity index (χ2n) is 9.31. The standard InChI is InChI=1S/C25H33NO6/c1-13(2)32-24(28)19-14(3)26-16-11-25(4,5)12-17(27)21(16)20(19)15-9-10-18(29-6)23(31-8)22(15)30-7/h9-10,13,20,26H,11-12H2,1-8H3. The monoisotopic (exact) mass is 443 g/mol. The Hall–Kier alpha value is -2.96. The van der Waals surface area contributed by atoms with E-state index in [0.29, 0.717) is 52.5 Å². The van der Waals surface area contributed by atoms with E-state index in [4.69, 9.17) is 18.9 Å². The largest absolute Gasteiger partial charge is 0.493 e. The molecule has 1 atom stereocenters. The van der Waals surface area contributed by atoms with Crippen LogP contribution in [0.15, 0.2) is 34.7 Å². The zero-order valence-corrected chi connectivity index (χ0v) is 20.2. The maximum Gasteiger partial charge on any atom is 0.337 e. The highest BCUT2D eigenvalue weighted by Crippen LogP contribution is 2.51. The molecule has 1 aliphatic heterocycles. The van der Waals surface area contributed by atoms with Crippen molar-refractivity contribution in [2.75, 3.05) is 21.3 Å². The van der Waals surface area contributed by atoms with Crippen LogP contribution < -0.4 is 19.5 Å². The number of hydrogen-bond acceptors (Lipinski definition) is 7. The lowest BCUT2D eigenvalue weighted by molar-refractivity contribution is -0.143. The fraction of sp³-hybridized carbons (Fsp3) is 0.520. The van der Waals surface area contributed by atoms with Gasteiger partial charge in [0.05, 0.1) is 38.9 Å². The number of ketones is 1. The summed E-state index contributed by atoms with van der Waals surface area (Å²) < 4.78 is 22.3. The smallest absolute Gasteiger partial charge is 0.337 e. The molecule has 1 aromatic carbocycles. The number of rotatable bonds is 6. The maximum atomic E-state index is 13.4. The van der Waals surface area contributed by atoms with Crippen molar-refractivity contribution in [3.63, 3.8) is 0 Å². The lowest BCUT2D eigenvalue weighted by Gasteiger charge is -2.39. The quantitative estimate of drug-likeness (QED) is 0.658. The van der Waals surface area contributed by atoms with Crippen molar-refractivity contribution in [2.24, 2.45) is 5.41 Å². The molecule has 1 heterocycles. The predicted molar refractivity (Wildman–Crippen MR) is 121 cm³/mol. The van der Waals surface area contributed by atoms with Crippen LogP contribution in [0.4, 0.5) is 0 Å². The number of Topliss-reactive ketones (excluding diaryl/α,β-unsaturated/α-hetero) is 1. The van der Waals surface area contributed by atoms with Gasteiger partial charge in [-0.2, -0.15) is 0 Å². The summed E-state index contributed by atoms with van der Waals surface area (Å²) in [6.45, 7) is 9.59. The van der Waals surface area contributed by atoms with E-state index < -0.39 is 11.9 Å². The molecule has 0 saturated carbocycles. The molecule has 0 aromatic heterocycles. The van der Waals surface area contributed by atoms with Gasteiger partial charge >= 0.3 is 5.97 Å². The van der Waals surface area contributed by atoms with Crippen LogP contribution in [-0.2, 0) is 14.3 Å². The Morgan fingerprint density at radius 2 is 1.72 bits per heavy atom. The van der Waals surface area contributed by atoms with Crippen LogP contribution in [0, 0.1) is 5.41 Å². The van der Waals surface area contributed by atoms with E-state index in [9.17, 15) is 9.59 Å². The van der Waals surface area contributed by atoms with Gasteiger partial charge in [0.15, 0.2) is 17.3 Å². The molecule has 0 fully saturated rings. The second-order valence-corrected chi connectivity index (χ2v) is 9.31. The minimum absolute atomic E-state index is 0.00735. The highest BCUT2D eigenvalue weighted by Gasteiger charge is 2.44. The number of ether oxygens (including phenoxy) is 4. The number of esters is 1. The first-order chi connectivity index (χ1) is 15.0. The number of carbonyl (C=O) groups is 2. The third kappa shape index (κ3) is 4.20. The first kappa shape index (κ1) is 23.7. The SMILES string of the molecule is COc1ccc(C2C(C(=O)OC(C)C)=C(C)NC3=C2C(=O)CC(C)(C)C3)c(OC)c1OC. The van der Waals surface area contributed by atoms with Gasteiger partial charge in [0.1, 0.15) is 0 Å². The zero-order valence-electron chi connectivity index (χ0n) is 20.2. The van der Waals surface area contributed by atoms with Crippen molar-refractivity contribution in [3.8, 4) is 17.2 Å². The topological polar surface area (TPSA) is 83.1 Å². The van der Waals surface area contributed by atoms with Gasteiger partial charge in [0, 0.05) is 29.0 Å². The van der Waals surface area contributed by atoms with Crippen molar-refractivity contribution in [2.45, 2.75) is 59.5 Å². The number of nitrogens with one attached hydrogen (secondary N) is 1. The first-order valence-electron chi connectivity index (χ1n) is 10.8. The van der Waals surface area contributed by atoms with Gasteiger partial charge in [0.2, 0.25) is 5.75 Å². The molecule has 174 valence electrons. The van der Waals surface area contributed by atoms with Gasteiger partial charge in [-0.25, -0.2) is 4.79 Å². The first-order valence-corrected chi connectivity index (χ1v) is 10.8. The maximum absolute atomic E-state index is 13.4. The molecule has 0 amide bonds. The van der Waals surface area contributed by atoms with Gasteiger partial charge in [-0.3, -0.25) is 4.79 Å². The van der Waals surface area contributed by atoms with Gasteiger partial charge in [0.25, 0.3) is 0 Å². The summed E-state index contributed by atoms with van der Waals surface area (Å²) in [7, 11) is 4.61. The summed E-state index contributed by atoms with van der Waals surface area (Å²) >= 11 is 0. The third-order valence-corrected chi connectivity index (χ3v) is 5.85. The summed E-state index contributed by atoms with van der Waals surface area (Å²) in [6, 6.07) is 3.58. The molecule has 0 bridgehead atoms. The molecule has 2 aliphatic rings. The molecule has 7 nitrogen and oxygen atoms in total. The van der Waals surface area contributed by atoms with Gasteiger partial charge in [-0.15, -0.1) is 0 Å². The van der Waals surface area contributed by atoms with E-state index in [0.717, 1.165) is 5.70 Å². The van der Waals surface area contributed by atoms with Gasteiger partial charge < -0.3 is 24.3 Å². The molecular weight excluding hydrogens is 410 g/mol. The molecule has 0 radical (unpaired) electrons. The van der Waals surface area contributed by atoms with E-state index in [1.165, 1.54) is 14.2 Å². The van der Waals surface area contributed by atoms with Gasteiger partial charge in [-0.05, 0) is 38.7 Å². The van der Waals surface area contributed by atoms with Crippen molar-refractivity contribution in [1.82, 2.24) is 5.32 Å². The Balaban J connectivity index is 2.30. The van der Waals surface area contributed by atoms with Gasteiger partial charge in [-0.1, -0.05) is 19.9 Å². The molecular formula is C25H33NO6. The Morgan fingerprint density at radius 3 is 2.28 bits per heavy atom. The normalized spacial score (nSPS) is 20.0. The second kappa shape index (κ2) is 8.88. The van der Waals surface area contributed by atoms with Crippen LogP contribution in [0.25, 0.3) is 0 Å². The average Bonchev–Trinajstić information content (AvgIpc) is 2.69. The Bertz CT molecular complexity index is 1000. The Kier molecular flexibility index (Phi) is 6.58. The van der Waals surface area contributed by atoms with Crippen LogP contribution in [0.2, 0.25) is 0 Å². The predicted octanol–water partition coefficient (Wildman–Crippen LogP) is 4.27. The van der Waals surface area contributed by atoms with Crippen LogP contribution >= 0.6 is 0 Å². The highest BCUT2D eigenvalue weighted by atomic mass is 16.5. The lowest BCUT2D eigenvalue weighted by Crippen LogP contribution is -2.39. The average molecular weight is 444 g/mol. The molecule has 0 saturated heterocycles. The van der Waals surface area contributed by atoms with Crippen molar-refractivity contribution < 1.29 is 28.5 Å². The molecule has 1 aliphatic carbocycles. The summed E-state index contributed by atoms with van der Waals surface area (Å²) in [5.41, 5.74) is 2.97. The molecule has 1 N–H and O–H groups in total. The molecule has 1 aromatic rings. The van der Waals surface area contributed by atoms with E-state index in [1.807, 2.05) is 13.0 Å². The summed E-state index contributed by atoms with van der Waals surface area (Å²) in [4.78, 5) is 26.7. The summed E-state index contributed by atoms with van der Waals surface area (Å²) in [6.07, 6.45) is 0.793. The number of hydrogen-bond donors (Lipinski definition) is 1. The highest BCUT2D eigenvalue weighted by molar-refractivity contribution is 6.04. The fourth-order valence-corrected chi connectivity index (χ4v) is 4.65. The Morgan fingerprint density at radius 1 is 1.06 bits per heavy atom. The van der Waals surface area contributed by atoms with Crippen molar-refractivity contribution >= 4 is 11.8 Å². The van der Waals surface area contributed by atoms with Crippen molar-refractivity contribution in [1.29, 1.82) is 0 Å². The number of dihydropyridines is 1. The van der Waals surface area contributed by atoms with E-state index in [-0.39, 0.29) is 17.3 Å². The molecule has 7 heteroatoms. The van der Waals surface area contributed by atoms with Crippen LogP contribution in [0.3, 0.4) is 0 Å². The molecule has 32 heavy (non-hydrogen) atoms. The molecule has 0 spiro atoms. The van der Waals surface area contributed by atoms with E-state index in [2.05, 4.69) is 19.2 Å². The zero-order chi connectivity index (χ0) is 23.8.